The molecule has 38 heavy (non-hydrogen) atoms. The molecule has 4 rings (SSSR count). The number of hydrogen-bond donors (Lipinski definition) is 2. The first-order valence-electron chi connectivity index (χ1n) is 12.2. The van der Waals surface area contributed by atoms with E-state index in [9.17, 15) is 27.2 Å². The maximum Gasteiger partial charge on any atom is 0.410 e. The first-order valence-corrected chi connectivity index (χ1v) is 14.4. The van der Waals surface area contributed by atoms with Crippen LogP contribution in [0, 0.1) is 11.2 Å². The highest BCUT2D eigenvalue weighted by Gasteiger charge is 2.46. The zero-order valence-corrected chi connectivity index (χ0v) is 23.1. The fourth-order valence-corrected chi connectivity index (χ4v) is 7.79. The van der Waals surface area contributed by atoms with Crippen LogP contribution in [0.5, 0.6) is 0 Å². The van der Waals surface area contributed by atoms with Crippen LogP contribution in [0.3, 0.4) is 0 Å². The number of sulfonamides is 1. The molecule has 0 aliphatic carbocycles. The molecule has 2 fully saturated rings. The third-order valence-electron chi connectivity index (χ3n) is 6.79. The highest BCUT2D eigenvalue weighted by molar-refractivity contribution is 7.91. The van der Waals surface area contributed by atoms with Gasteiger partial charge in [0.05, 0.1) is 11.1 Å². The molecule has 0 radical (unpaired) electrons. The SMILES string of the molecule is CC(C)(C)OC(=O)N1CCC2(CC1)CCN(S(=O)(=O)c1cc(C(N)=O)c(NC(=O)c3ccccc3F)s1)C2. The van der Waals surface area contributed by atoms with Gasteiger partial charge in [0.1, 0.15) is 20.6 Å². The van der Waals surface area contributed by atoms with E-state index >= 15 is 0 Å². The molecular formula is C25H31FN4O6S2. The van der Waals surface area contributed by atoms with Crippen molar-refractivity contribution in [3.63, 3.8) is 0 Å². The maximum atomic E-state index is 14.0. The zero-order valence-electron chi connectivity index (χ0n) is 21.5. The highest BCUT2D eigenvalue weighted by Crippen LogP contribution is 2.43. The van der Waals surface area contributed by atoms with Crippen LogP contribution in [-0.4, -0.2) is 67.3 Å². The van der Waals surface area contributed by atoms with Crippen LogP contribution in [0.15, 0.2) is 34.5 Å². The van der Waals surface area contributed by atoms with Gasteiger partial charge in [-0.05, 0) is 63.6 Å². The van der Waals surface area contributed by atoms with Crippen LogP contribution in [0.2, 0.25) is 0 Å². The molecule has 10 nitrogen and oxygen atoms in total. The minimum atomic E-state index is -4.00. The van der Waals surface area contributed by atoms with Gasteiger partial charge in [-0.25, -0.2) is 17.6 Å². The molecule has 13 heteroatoms. The van der Waals surface area contributed by atoms with Crippen LogP contribution in [-0.2, 0) is 14.8 Å². The number of likely N-dealkylation sites (tertiary alicyclic amines) is 1. The molecule has 0 saturated carbocycles. The Morgan fingerprint density at radius 2 is 1.71 bits per heavy atom. The lowest BCUT2D eigenvalue weighted by molar-refractivity contribution is 0.0115. The number of nitrogens with two attached hydrogens (primary N) is 1. The fourth-order valence-electron chi connectivity index (χ4n) is 4.71. The molecule has 0 bridgehead atoms. The molecule has 1 spiro atoms. The van der Waals surface area contributed by atoms with E-state index < -0.39 is 33.3 Å². The second-order valence-electron chi connectivity index (χ2n) is 10.7. The zero-order chi connectivity index (χ0) is 27.9. The molecule has 3 N–H and O–H groups in total. The number of carbonyl (C=O) groups excluding carboxylic acids is 3. The standard InChI is InChI=1S/C25H31FN4O6S2/c1-24(2,3)36-23(33)29-11-8-25(9-12-29)10-13-30(15-25)38(34,35)19-14-17(20(27)31)22(37-19)28-21(32)16-6-4-5-7-18(16)26/h4-7,14H,8-13,15H2,1-3H3,(H2,27,31)(H,28,32). The van der Waals surface area contributed by atoms with E-state index in [1.807, 2.05) is 0 Å². The topological polar surface area (TPSA) is 139 Å². The van der Waals surface area contributed by atoms with E-state index in [4.69, 9.17) is 10.5 Å². The van der Waals surface area contributed by atoms with Gasteiger partial charge < -0.3 is 20.7 Å². The minimum Gasteiger partial charge on any atom is -0.444 e. The number of rotatable bonds is 5. The summed E-state index contributed by atoms with van der Waals surface area (Å²) in [6.45, 7) is 6.93. The molecule has 2 aromatic rings. The lowest BCUT2D eigenvalue weighted by Gasteiger charge is -2.39. The monoisotopic (exact) mass is 566 g/mol. The van der Waals surface area contributed by atoms with Crippen LogP contribution in [0.1, 0.15) is 60.7 Å². The van der Waals surface area contributed by atoms with E-state index in [1.54, 1.807) is 25.7 Å². The van der Waals surface area contributed by atoms with E-state index in [0.29, 0.717) is 43.7 Å². The molecule has 2 saturated heterocycles. The molecule has 2 aliphatic heterocycles. The van der Waals surface area contributed by atoms with Crippen molar-refractivity contribution >= 4 is 44.3 Å². The van der Waals surface area contributed by atoms with Gasteiger partial charge >= 0.3 is 6.09 Å². The van der Waals surface area contributed by atoms with Gasteiger partial charge in [0.15, 0.2) is 0 Å². The summed E-state index contributed by atoms with van der Waals surface area (Å²) in [5.41, 5.74) is 4.17. The predicted molar refractivity (Wildman–Crippen MR) is 140 cm³/mol. The molecule has 1 aromatic heterocycles. The Bertz CT molecular complexity index is 1360. The van der Waals surface area contributed by atoms with Gasteiger partial charge in [0.2, 0.25) is 0 Å². The van der Waals surface area contributed by atoms with Crippen molar-refractivity contribution < 1.29 is 31.9 Å². The molecule has 206 valence electrons. The van der Waals surface area contributed by atoms with Gasteiger partial charge in [-0.15, -0.1) is 11.3 Å². The van der Waals surface area contributed by atoms with E-state index in [2.05, 4.69) is 5.32 Å². The van der Waals surface area contributed by atoms with Crippen LogP contribution < -0.4 is 11.1 Å². The second-order valence-corrected chi connectivity index (χ2v) is 13.9. The Balaban J connectivity index is 1.48. The van der Waals surface area contributed by atoms with Crippen molar-refractivity contribution in [1.29, 1.82) is 0 Å². The number of piperidine rings is 1. The van der Waals surface area contributed by atoms with Gasteiger partial charge in [-0.2, -0.15) is 4.31 Å². The lowest BCUT2D eigenvalue weighted by atomic mass is 9.78. The first-order chi connectivity index (χ1) is 17.7. The average Bonchev–Trinajstić information content (AvgIpc) is 3.44. The normalized spacial score (nSPS) is 17.9. The largest absolute Gasteiger partial charge is 0.444 e. The summed E-state index contributed by atoms with van der Waals surface area (Å²) >= 11 is 0.701. The van der Waals surface area contributed by atoms with Gasteiger partial charge in [0, 0.05) is 26.2 Å². The molecule has 0 atom stereocenters. The number of nitrogens with one attached hydrogen (secondary N) is 1. The molecule has 1 aromatic carbocycles. The Hall–Kier alpha value is -3.03. The third kappa shape index (κ3) is 5.84. The summed E-state index contributed by atoms with van der Waals surface area (Å²) in [6.07, 6.45) is 1.54. The Labute approximate surface area is 225 Å². The summed E-state index contributed by atoms with van der Waals surface area (Å²) in [4.78, 5) is 38.7. The minimum absolute atomic E-state index is 0.0658. The first kappa shape index (κ1) is 28.0. The van der Waals surface area contributed by atoms with Crippen molar-refractivity contribution in [2.45, 2.75) is 49.8 Å². The number of thiophene rings is 1. The van der Waals surface area contributed by atoms with E-state index in [1.165, 1.54) is 22.5 Å². The van der Waals surface area contributed by atoms with Gasteiger partial charge in [-0.1, -0.05) is 12.1 Å². The summed E-state index contributed by atoms with van der Waals surface area (Å²) in [6, 6.07) is 6.46. The van der Waals surface area contributed by atoms with Crippen molar-refractivity contribution in [3.05, 3.63) is 47.3 Å². The van der Waals surface area contributed by atoms with E-state index in [-0.39, 0.29) is 44.9 Å². The van der Waals surface area contributed by atoms with Crippen molar-refractivity contribution in [1.82, 2.24) is 9.21 Å². The molecule has 2 aliphatic rings. The fraction of sp³-hybridized carbons (Fsp3) is 0.480. The summed E-state index contributed by atoms with van der Waals surface area (Å²) in [5.74, 6) is -2.50. The number of halogens is 1. The molecule has 3 amide bonds. The number of nitrogens with zero attached hydrogens (tertiary/aromatic N) is 2. The number of anilines is 1. The van der Waals surface area contributed by atoms with Crippen LogP contribution in [0.25, 0.3) is 0 Å². The quantitative estimate of drug-likeness (QED) is 0.566. The Morgan fingerprint density at radius 3 is 2.32 bits per heavy atom. The van der Waals surface area contributed by atoms with Crippen LogP contribution in [0.4, 0.5) is 14.2 Å². The van der Waals surface area contributed by atoms with Crippen molar-refractivity contribution in [2.24, 2.45) is 11.1 Å². The number of carbonyl (C=O) groups is 3. The summed E-state index contributed by atoms with van der Waals surface area (Å²) < 4.78 is 47.7. The number of amides is 3. The lowest BCUT2D eigenvalue weighted by Crippen LogP contribution is -2.46. The van der Waals surface area contributed by atoms with Gasteiger partial charge in [0.25, 0.3) is 21.8 Å². The van der Waals surface area contributed by atoms with Crippen LogP contribution >= 0.6 is 11.3 Å². The maximum absolute atomic E-state index is 14.0. The van der Waals surface area contributed by atoms with Crippen molar-refractivity contribution in [2.75, 3.05) is 31.5 Å². The van der Waals surface area contributed by atoms with E-state index in [0.717, 1.165) is 12.1 Å². The second kappa shape index (κ2) is 10.3. The smallest absolute Gasteiger partial charge is 0.410 e. The predicted octanol–water partition coefficient (Wildman–Crippen LogP) is 3.65. The molecule has 0 unspecified atom stereocenters. The number of hydrogen-bond acceptors (Lipinski definition) is 7. The third-order valence-corrected chi connectivity index (χ3v) is 10.1. The molecule has 3 heterocycles. The van der Waals surface area contributed by atoms with Gasteiger partial charge in [-0.3, -0.25) is 9.59 Å². The number of primary amides is 1. The Morgan fingerprint density at radius 1 is 1.08 bits per heavy atom. The number of benzene rings is 1. The number of ether oxygens (including phenoxy) is 1. The van der Waals surface area contributed by atoms with Crippen molar-refractivity contribution in [3.8, 4) is 0 Å². The highest BCUT2D eigenvalue weighted by atomic mass is 32.2. The summed E-state index contributed by atoms with van der Waals surface area (Å²) in [7, 11) is -4.00. The Kier molecular flexibility index (Phi) is 7.56. The average molecular weight is 567 g/mol. The summed E-state index contributed by atoms with van der Waals surface area (Å²) in [5, 5.41) is 2.36. The molecular weight excluding hydrogens is 535 g/mol.